The molecule has 34 heavy (non-hydrogen) atoms. The minimum Gasteiger partial charge on any atom is -0.664 e. The molecular weight excluding hydrogens is 461 g/mol. The van der Waals surface area contributed by atoms with Crippen LogP contribution in [-0.2, 0) is 14.3 Å². The number of hydrogen-bond acceptors (Lipinski definition) is 5. The van der Waals surface area contributed by atoms with Crippen molar-refractivity contribution in [3.05, 3.63) is 83.4 Å². The van der Waals surface area contributed by atoms with Crippen LogP contribution in [0.2, 0.25) is 0 Å². The molecule has 2 heterocycles. The molecule has 0 radical (unpaired) electrons. The van der Waals surface area contributed by atoms with E-state index in [2.05, 4.69) is 21.4 Å². The van der Waals surface area contributed by atoms with Crippen LogP contribution in [0.15, 0.2) is 82.8 Å². The minimum atomic E-state index is -0.833. The monoisotopic (exact) mass is 481 g/mol. The van der Waals surface area contributed by atoms with Crippen LogP contribution in [0.3, 0.4) is 0 Å². The number of anilines is 1. The number of nitrogens with one attached hydrogen (secondary N) is 1. The van der Waals surface area contributed by atoms with Gasteiger partial charge in [0.15, 0.2) is 5.17 Å². The van der Waals surface area contributed by atoms with Gasteiger partial charge >= 0.3 is 29.6 Å². The second kappa shape index (κ2) is 11.4. The number of carboxylic acid groups (broad SMARTS) is 1. The van der Waals surface area contributed by atoms with Crippen molar-refractivity contribution in [1.82, 2.24) is 4.98 Å². The van der Waals surface area contributed by atoms with E-state index in [4.69, 9.17) is 14.6 Å². The molecule has 0 fully saturated rings. The van der Waals surface area contributed by atoms with E-state index in [0.29, 0.717) is 15.8 Å². The molecule has 0 unspecified atom stereocenters. The molecule has 1 aromatic heterocycles. The Kier molecular flexibility index (Phi) is 8.57. The van der Waals surface area contributed by atoms with Gasteiger partial charge in [0.25, 0.3) is 11.9 Å². The molecule has 9 heteroatoms. The van der Waals surface area contributed by atoms with Crippen molar-refractivity contribution in [1.29, 1.82) is 0 Å². The maximum Gasteiger partial charge on any atom is 1.00 e. The number of carbonyl (C=O) groups excluding carboxylic acids is 1. The molecule has 3 aromatic carbocycles. The normalized spacial score (nSPS) is 14.1. The van der Waals surface area contributed by atoms with Crippen LogP contribution in [0.5, 0.6) is 0 Å². The van der Waals surface area contributed by atoms with E-state index in [0.717, 1.165) is 39.8 Å². The van der Waals surface area contributed by atoms with Crippen molar-refractivity contribution in [2.75, 3.05) is 12.4 Å². The van der Waals surface area contributed by atoms with Gasteiger partial charge in [-0.15, -0.1) is 5.52 Å². The third-order valence-electron chi connectivity index (χ3n) is 4.76. The van der Waals surface area contributed by atoms with Gasteiger partial charge in [-0.1, -0.05) is 48.5 Å². The van der Waals surface area contributed by atoms with Crippen molar-refractivity contribution >= 4 is 61.9 Å². The predicted molar refractivity (Wildman–Crippen MR) is 132 cm³/mol. The van der Waals surface area contributed by atoms with Crippen LogP contribution in [0, 0.1) is 0 Å². The number of carboxylic acids is 1. The number of amidine groups is 1. The van der Waals surface area contributed by atoms with Gasteiger partial charge in [0, 0.05) is 18.2 Å². The molecule has 1 aliphatic rings. The topological polar surface area (TPSA) is 102 Å². The molecule has 0 atom stereocenters. The van der Waals surface area contributed by atoms with Crippen molar-refractivity contribution < 1.29 is 49.0 Å². The molecule has 5 rings (SSSR count). The van der Waals surface area contributed by atoms with Gasteiger partial charge in [0.1, 0.15) is 10.7 Å². The maximum atomic E-state index is 12.6. The summed E-state index contributed by atoms with van der Waals surface area (Å²) in [4.78, 5) is 30.5. The number of thioether (sulfide) groups is 1. The van der Waals surface area contributed by atoms with E-state index >= 15 is 0 Å². The minimum absolute atomic E-state index is 0. The van der Waals surface area contributed by atoms with E-state index in [1.165, 1.54) is 11.8 Å². The summed E-state index contributed by atoms with van der Waals surface area (Å²) in [5.41, 5.74) is 2.64. The van der Waals surface area contributed by atoms with Gasteiger partial charge in [-0.2, -0.15) is 11.2 Å². The smallest absolute Gasteiger partial charge is 0.664 e. The fraction of sp³-hybridized carbons (Fsp3) is 0.0800. The number of ether oxygens (including phenoxy) is 1. The van der Waals surface area contributed by atoms with Crippen LogP contribution >= 0.6 is 11.8 Å². The molecule has 0 bridgehead atoms. The summed E-state index contributed by atoms with van der Waals surface area (Å²) in [6.07, 6.45) is 1.77. The average Bonchev–Trinajstić information content (AvgIpc) is 3.40. The van der Waals surface area contributed by atoms with E-state index in [-0.39, 0.29) is 35.5 Å². The van der Waals surface area contributed by atoms with Crippen molar-refractivity contribution in [2.24, 2.45) is 4.99 Å². The van der Waals surface area contributed by atoms with E-state index in [9.17, 15) is 4.79 Å². The number of aromatic nitrogens is 1. The summed E-state index contributed by atoms with van der Waals surface area (Å²) >= 11 is 1.28. The Balaban J connectivity index is 0.000000603. The van der Waals surface area contributed by atoms with Crippen LogP contribution in [-0.4, -0.2) is 29.3 Å². The standard InChI is InChI=1S/C23H16N3O2S.C2H4O2.Na/c1-28-20(17-7-6-14-4-2-3-5-15(14)12-17)21-22(27)26-23(29-21)25-18-8-9-19-16(13-18)10-11-24-19;1-2(3)4;/h2-13H,1H3,(H,25,26,27);1H3,(H,3,4);/q-1;;+1/b21-20+;;. The number of amides is 1. The zero-order valence-corrected chi connectivity index (χ0v) is 21.7. The largest absolute Gasteiger partial charge is 1.00 e. The summed E-state index contributed by atoms with van der Waals surface area (Å²) in [6.45, 7) is 1.08. The Morgan fingerprint density at radius 2 is 1.76 bits per heavy atom. The van der Waals surface area contributed by atoms with Crippen LogP contribution in [0.4, 0.5) is 5.69 Å². The zero-order valence-electron chi connectivity index (χ0n) is 18.9. The molecule has 0 aliphatic carbocycles. The Morgan fingerprint density at radius 3 is 2.50 bits per heavy atom. The fourth-order valence-corrected chi connectivity index (χ4v) is 4.30. The van der Waals surface area contributed by atoms with Gasteiger partial charge in [0.2, 0.25) is 0 Å². The maximum absolute atomic E-state index is 12.6. The van der Waals surface area contributed by atoms with Crippen molar-refractivity contribution in [2.45, 2.75) is 6.92 Å². The SMILES string of the molecule is CC(=O)O.CO/C(=C1/SC(Nc2ccc3[n-]ccc3c2)=NC1=O)c1ccc2ccccc2c1.[Na+]. The van der Waals surface area contributed by atoms with E-state index < -0.39 is 5.97 Å². The molecule has 166 valence electrons. The van der Waals surface area contributed by atoms with Crippen LogP contribution < -0.4 is 39.9 Å². The second-order valence-electron chi connectivity index (χ2n) is 7.11. The number of rotatable bonds is 3. The molecule has 0 spiro atoms. The Bertz CT molecular complexity index is 1420. The average molecular weight is 482 g/mol. The van der Waals surface area contributed by atoms with E-state index in [1.807, 2.05) is 60.7 Å². The molecular formula is C25H20N3NaO4S. The zero-order chi connectivity index (χ0) is 23.4. The number of aliphatic imine (C=N–C) groups is 1. The van der Waals surface area contributed by atoms with Gasteiger partial charge in [-0.3, -0.25) is 9.59 Å². The summed E-state index contributed by atoms with van der Waals surface area (Å²) < 4.78 is 5.61. The van der Waals surface area contributed by atoms with Crippen LogP contribution in [0.25, 0.3) is 27.4 Å². The Hall–Kier alpha value is -3.04. The molecule has 2 N–H and O–H groups in total. The van der Waals surface area contributed by atoms with E-state index in [1.54, 1.807) is 13.3 Å². The van der Waals surface area contributed by atoms with Gasteiger partial charge in [0.05, 0.1) is 7.11 Å². The summed E-state index contributed by atoms with van der Waals surface area (Å²) in [5, 5.41) is 14.4. The third-order valence-corrected chi connectivity index (χ3v) is 5.72. The van der Waals surface area contributed by atoms with Crippen molar-refractivity contribution in [3.63, 3.8) is 0 Å². The van der Waals surface area contributed by atoms with Gasteiger partial charge in [-0.25, -0.2) is 0 Å². The quantitative estimate of drug-likeness (QED) is 0.263. The summed E-state index contributed by atoms with van der Waals surface area (Å²) in [6, 6.07) is 21.9. The molecule has 0 saturated heterocycles. The van der Waals surface area contributed by atoms with Gasteiger partial charge in [-0.05, 0) is 46.1 Å². The van der Waals surface area contributed by atoms with Crippen LogP contribution in [0.1, 0.15) is 12.5 Å². The number of benzene rings is 3. The second-order valence-corrected chi connectivity index (χ2v) is 8.11. The fourth-order valence-electron chi connectivity index (χ4n) is 3.38. The number of aliphatic carboxylic acids is 1. The molecule has 0 saturated carbocycles. The Morgan fingerprint density at radius 1 is 1.03 bits per heavy atom. The summed E-state index contributed by atoms with van der Waals surface area (Å²) in [5.74, 6) is -0.611. The first kappa shape index (κ1) is 25.6. The third kappa shape index (κ3) is 5.90. The predicted octanol–water partition coefficient (Wildman–Crippen LogP) is 2.10. The number of fused-ring (bicyclic) bond motifs is 2. The first-order chi connectivity index (χ1) is 15.9. The first-order valence-corrected chi connectivity index (χ1v) is 10.8. The van der Waals surface area contributed by atoms with Crippen molar-refractivity contribution in [3.8, 4) is 0 Å². The molecule has 1 aliphatic heterocycles. The number of nitrogens with zero attached hydrogens (tertiary/aromatic N) is 2. The Labute approximate surface area is 222 Å². The number of hydrogen-bond donors (Lipinski definition) is 2. The number of carbonyl (C=O) groups is 2. The molecule has 7 nitrogen and oxygen atoms in total. The molecule has 4 aromatic rings. The first-order valence-electron chi connectivity index (χ1n) is 10.0. The molecule has 1 amide bonds. The number of methoxy groups -OCH3 is 1. The van der Waals surface area contributed by atoms with Gasteiger partial charge < -0.3 is 20.1 Å². The summed E-state index contributed by atoms with van der Waals surface area (Å²) in [7, 11) is 1.58.